The maximum atomic E-state index is 12.8. The number of aliphatic hydroxyl groups excluding tert-OH is 1. The average molecular weight is 867 g/mol. The van der Waals surface area contributed by atoms with Crippen LogP contribution in [0.25, 0.3) is 0 Å². The number of amides is 2. The molecule has 62 heavy (non-hydrogen) atoms. The molecule has 0 radical (unpaired) electrons. The lowest BCUT2D eigenvalue weighted by atomic mass is 10.0. The first-order valence-electron chi connectivity index (χ1n) is 24.8. The highest BCUT2D eigenvalue weighted by molar-refractivity contribution is 5.87. The number of ether oxygens (including phenoxy) is 1. The first-order valence-corrected chi connectivity index (χ1v) is 24.8. The molecular formula is C53H90N2O7. The molecule has 0 aromatic carbocycles. The molecule has 354 valence electrons. The summed E-state index contributed by atoms with van der Waals surface area (Å²) in [7, 11) is 0. The van der Waals surface area contributed by atoms with E-state index in [1.807, 2.05) is 6.08 Å². The molecule has 0 aromatic rings. The van der Waals surface area contributed by atoms with E-state index in [1.165, 1.54) is 103 Å². The molecule has 2 unspecified atom stereocenters. The van der Waals surface area contributed by atoms with Crippen molar-refractivity contribution >= 4 is 23.8 Å². The van der Waals surface area contributed by atoms with Crippen LogP contribution in [-0.4, -0.2) is 59.3 Å². The molecule has 0 saturated heterocycles. The largest absolute Gasteiger partial charge is 0.480 e. The fraction of sp³-hybridized carbons (Fsp3) is 0.698. The van der Waals surface area contributed by atoms with Crippen molar-refractivity contribution in [1.29, 1.82) is 0 Å². The molecule has 9 heteroatoms. The fourth-order valence-electron chi connectivity index (χ4n) is 6.89. The first-order chi connectivity index (χ1) is 30.3. The number of carbonyl (C=O) groups excluding carboxylic acids is 3. The quantitative estimate of drug-likeness (QED) is 0.0271. The van der Waals surface area contributed by atoms with Crippen molar-refractivity contribution in [2.45, 2.75) is 225 Å². The third kappa shape index (κ3) is 42.9. The number of hydrogen-bond acceptors (Lipinski definition) is 6. The van der Waals surface area contributed by atoms with Crippen molar-refractivity contribution in [2.24, 2.45) is 0 Å². The highest BCUT2D eigenvalue weighted by Gasteiger charge is 2.18. The summed E-state index contributed by atoms with van der Waals surface area (Å²) >= 11 is 0. The van der Waals surface area contributed by atoms with Crippen molar-refractivity contribution in [2.75, 3.05) is 13.2 Å². The number of carbonyl (C=O) groups is 4. The van der Waals surface area contributed by atoms with Gasteiger partial charge in [-0.15, -0.1) is 0 Å². The summed E-state index contributed by atoms with van der Waals surface area (Å²) in [5.74, 6) is -2.40. The van der Waals surface area contributed by atoms with Gasteiger partial charge in [0.2, 0.25) is 11.8 Å². The van der Waals surface area contributed by atoms with Crippen molar-refractivity contribution in [3.05, 3.63) is 72.9 Å². The standard InChI is InChI=1S/C53H90N2O7/c1-3-5-7-9-11-13-15-16-17-18-19-20-21-22-23-24-25-26-28-30-32-37-41-45-52(59)62-48(42-38-34-31-29-27-14-12-10-8-6-4-2)43-39-35-33-36-40-44-50(57)54-46-51(58)55-49(47-56)53(60)61/h6,8,12,14-16,18-19,29,31,38,42,48-49,56H,3-5,7,9-11,13,17,20-28,30,32-37,39-41,43-47H2,1-2H3,(H,54,57)(H,55,58)(H,60,61)/b8-6-,14-12-,16-15-,19-18-,31-29-,42-38-. The van der Waals surface area contributed by atoms with Crippen molar-refractivity contribution in [3.63, 3.8) is 0 Å². The number of aliphatic hydroxyl groups is 1. The molecule has 2 amide bonds. The lowest BCUT2D eigenvalue weighted by Gasteiger charge is -2.15. The van der Waals surface area contributed by atoms with E-state index in [2.05, 4.69) is 91.3 Å². The molecule has 2 atom stereocenters. The van der Waals surface area contributed by atoms with E-state index >= 15 is 0 Å². The fourth-order valence-corrected chi connectivity index (χ4v) is 6.89. The maximum Gasteiger partial charge on any atom is 0.328 e. The van der Waals surface area contributed by atoms with Crippen molar-refractivity contribution < 1.29 is 34.1 Å². The zero-order chi connectivity index (χ0) is 45.4. The van der Waals surface area contributed by atoms with Crippen LogP contribution in [0.2, 0.25) is 0 Å². The lowest BCUT2D eigenvalue weighted by Crippen LogP contribution is -2.47. The van der Waals surface area contributed by atoms with Crippen molar-refractivity contribution in [1.82, 2.24) is 10.6 Å². The van der Waals surface area contributed by atoms with Gasteiger partial charge in [0, 0.05) is 12.8 Å². The molecule has 0 fully saturated rings. The van der Waals surface area contributed by atoms with E-state index in [-0.39, 0.29) is 30.9 Å². The Morgan fingerprint density at radius 3 is 1.48 bits per heavy atom. The highest BCUT2D eigenvalue weighted by atomic mass is 16.5. The Kier molecular flexibility index (Phi) is 44.0. The molecule has 0 heterocycles. The second-order valence-electron chi connectivity index (χ2n) is 16.5. The van der Waals surface area contributed by atoms with Gasteiger partial charge in [-0.2, -0.15) is 0 Å². The number of aliphatic carboxylic acids is 1. The summed E-state index contributed by atoms with van der Waals surface area (Å²) < 4.78 is 5.94. The summed E-state index contributed by atoms with van der Waals surface area (Å²) in [5, 5.41) is 22.6. The van der Waals surface area contributed by atoms with E-state index in [0.717, 1.165) is 77.0 Å². The lowest BCUT2D eigenvalue weighted by molar-refractivity contribution is -0.147. The Bertz CT molecular complexity index is 1270. The molecule has 0 spiro atoms. The van der Waals surface area contributed by atoms with Gasteiger partial charge in [0.25, 0.3) is 0 Å². The van der Waals surface area contributed by atoms with Crippen LogP contribution in [0, 0.1) is 0 Å². The SMILES string of the molecule is CC/C=C\C/C=C\C/C=C\C/C=C\C(CCCCCCCC(=O)NCC(=O)NC(CO)C(=O)O)OC(=O)CCCCCCCCCCCCC/C=C\C/C=C\CCCCCCC. The van der Waals surface area contributed by atoms with Gasteiger partial charge >= 0.3 is 11.9 Å². The molecule has 0 aliphatic carbocycles. The molecule has 0 aliphatic heterocycles. The molecule has 4 N–H and O–H groups in total. The summed E-state index contributed by atoms with van der Waals surface area (Å²) in [6.07, 6.45) is 59.6. The number of esters is 1. The van der Waals surface area contributed by atoms with Gasteiger partial charge in [0.1, 0.15) is 12.1 Å². The molecule has 9 nitrogen and oxygen atoms in total. The zero-order valence-electron chi connectivity index (χ0n) is 39.4. The topological polar surface area (TPSA) is 142 Å². The Balaban J connectivity index is 4.27. The summed E-state index contributed by atoms with van der Waals surface area (Å²) in [4.78, 5) is 47.7. The van der Waals surface area contributed by atoms with Crippen molar-refractivity contribution in [3.8, 4) is 0 Å². The minimum atomic E-state index is -1.39. The normalized spacial score (nSPS) is 13.1. The Labute approximate surface area is 378 Å². The van der Waals surface area contributed by atoms with E-state index in [0.29, 0.717) is 12.8 Å². The predicted octanol–water partition coefficient (Wildman–Crippen LogP) is 13.0. The van der Waals surface area contributed by atoms with Gasteiger partial charge in [-0.3, -0.25) is 14.4 Å². The average Bonchev–Trinajstić information content (AvgIpc) is 3.26. The van der Waals surface area contributed by atoms with Crippen LogP contribution < -0.4 is 10.6 Å². The van der Waals surface area contributed by atoms with Gasteiger partial charge in [0.05, 0.1) is 13.2 Å². The number of hydrogen-bond donors (Lipinski definition) is 4. The maximum absolute atomic E-state index is 12.8. The van der Waals surface area contributed by atoms with Crippen LogP contribution >= 0.6 is 0 Å². The number of allylic oxidation sites excluding steroid dienone is 11. The summed E-state index contributed by atoms with van der Waals surface area (Å²) in [5.41, 5.74) is 0. The van der Waals surface area contributed by atoms with E-state index in [9.17, 15) is 19.2 Å². The van der Waals surface area contributed by atoms with Gasteiger partial charge in [0.15, 0.2) is 0 Å². The zero-order valence-corrected chi connectivity index (χ0v) is 39.4. The van der Waals surface area contributed by atoms with Gasteiger partial charge in [-0.05, 0) is 89.5 Å². The van der Waals surface area contributed by atoms with Crippen LogP contribution in [0.3, 0.4) is 0 Å². The second kappa shape index (κ2) is 46.8. The minimum Gasteiger partial charge on any atom is -0.480 e. The van der Waals surface area contributed by atoms with Crippen LogP contribution in [0.5, 0.6) is 0 Å². The summed E-state index contributed by atoms with van der Waals surface area (Å²) in [6.45, 7) is 3.34. The number of nitrogens with one attached hydrogen (secondary N) is 2. The monoisotopic (exact) mass is 867 g/mol. The van der Waals surface area contributed by atoms with E-state index < -0.39 is 24.5 Å². The van der Waals surface area contributed by atoms with Crippen LogP contribution in [0.4, 0.5) is 0 Å². The highest BCUT2D eigenvalue weighted by Crippen LogP contribution is 2.16. The minimum absolute atomic E-state index is 0.122. The second-order valence-corrected chi connectivity index (χ2v) is 16.5. The molecule has 0 aromatic heterocycles. The third-order valence-electron chi connectivity index (χ3n) is 10.7. The molecular weight excluding hydrogens is 777 g/mol. The molecule has 0 bridgehead atoms. The first kappa shape index (κ1) is 58.3. The Morgan fingerprint density at radius 1 is 0.516 bits per heavy atom. The third-order valence-corrected chi connectivity index (χ3v) is 10.7. The summed E-state index contributed by atoms with van der Waals surface area (Å²) in [6, 6.07) is -1.39. The Hall–Kier alpha value is -3.72. The molecule has 0 aliphatic rings. The molecule has 0 rings (SSSR count). The number of unbranched alkanes of at least 4 members (excludes halogenated alkanes) is 20. The smallest absolute Gasteiger partial charge is 0.328 e. The van der Waals surface area contributed by atoms with Crippen LogP contribution in [0.15, 0.2) is 72.9 Å². The van der Waals surface area contributed by atoms with E-state index in [4.69, 9.17) is 14.9 Å². The van der Waals surface area contributed by atoms with Gasteiger partial charge < -0.3 is 25.6 Å². The van der Waals surface area contributed by atoms with E-state index in [1.54, 1.807) is 0 Å². The number of carboxylic acids is 1. The number of rotatable bonds is 44. The molecule has 0 saturated carbocycles. The number of carboxylic acid groups (broad SMARTS) is 1. The van der Waals surface area contributed by atoms with Crippen LogP contribution in [-0.2, 0) is 23.9 Å². The van der Waals surface area contributed by atoms with Gasteiger partial charge in [-0.1, -0.05) is 183 Å². The van der Waals surface area contributed by atoms with Crippen LogP contribution in [0.1, 0.15) is 213 Å². The predicted molar refractivity (Wildman–Crippen MR) is 259 cm³/mol. The Morgan fingerprint density at radius 2 is 0.968 bits per heavy atom. The van der Waals surface area contributed by atoms with Gasteiger partial charge in [-0.25, -0.2) is 4.79 Å².